The van der Waals surface area contributed by atoms with Crippen molar-refractivity contribution in [1.82, 2.24) is 0 Å². The molecule has 0 aliphatic rings. The van der Waals surface area contributed by atoms with Gasteiger partial charge in [0.2, 0.25) is 0 Å². The van der Waals surface area contributed by atoms with Crippen molar-refractivity contribution in [1.29, 1.82) is 5.26 Å². The number of esters is 1. The molecule has 0 unspecified atom stereocenters. The highest BCUT2D eigenvalue weighted by atomic mass is 79.9. The molecule has 0 saturated carbocycles. The van der Waals surface area contributed by atoms with Gasteiger partial charge in [-0.2, -0.15) is 5.26 Å². The summed E-state index contributed by atoms with van der Waals surface area (Å²) >= 11 is 3.29. The van der Waals surface area contributed by atoms with Crippen LogP contribution in [0, 0.1) is 11.3 Å². The second-order valence-electron chi connectivity index (χ2n) is 2.71. The average Bonchev–Trinajstić information content (AvgIpc) is 2.27. The topological polar surface area (TPSA) is 50.1 Å². The molecule has 0 radical (unpaired) electrons. The number of hydrogen-bond acceptors (Lipinski definition) is 3. The fourth-order valence-corrected chi connectivity index (χ4v) is 1.24. The minimum absolute atomic E-state index is 0.0141. The van der Waals surface area contributed by atoms with Crippen LogP contribution in [0.25, 0.3) is 6.08 Å². The molecule has 76 valence electrons. The lowest BCUT2D eigenvalue weighted by molar-refractivity contribution is -0.135. The lowest BCUT2D eigenvalue weighted by atomic mass is 10.1. The summed E-state index contributed by atoms with van der Waals surface area (Å²) in [6.45, 7) is 0. The van der Waals surface area contributed by atoms with Crippen LogP contribution in [0.3, 0.4) is 0 Å². The molecule has 0 aliphatic carbocycles. The van der Waals surface area contributed by atoms with E-state index < -0.39 is 5.97 Å². The monoisotopic (exact) mass is 265 g/mol. The van der Waals surface area contributed by atoms with Crippen LogP contribution in [0.15, 0.2) is 34.3 Å². The predicted octanol–water partition coefficient (Wildman–Crippen LogP) is 2.53. The SMILES string of the molecule is COC(=O)C(C#N)=Cc1ccc(Br)cc1. The van der Waals surface area contributed by atoms with E-state index in [4.69, 9.17) is 5.26 Å². The molecular formula is C11H8BrNO2. The fourth-order valence-electron chi connectivity index (χ4n) is 0.972. The quantitative estimate of drug-likeness (QED) is 0.469. The first-order chi connectivity index (χ1) is 7.17. The second kappa shape index (κ2) is 5.32. The average molecular weight is 266 g/mol. The predicted molar refractivity (Wildman–Crippen MR) is 59.7 cm³/mol. The van der Waals surface area contributed by atoms with Crippen LogP contribution in [0.5, 0.6) is 0 Å². The van der Waals surface area contributed by atoms with Crippen molar-refractivity contribution in [3.8, 4) is 6.07 Å². The number of rotatable bonds is 2. The van der Waals surface area contributed by atoms with Crippen LogP contribution in [0.2, 0.25) is 0 Å². The van der Waals surface area contributed by atoms with Crippen molar-refractivity contribution >= 4 is 28.0 Å². The first-order valence-electron chi connectivity index (χ1n) is 4.13. The molecule has 0 atom stereocenters. The Morgan fingerprint density at radius 3 is 2.53 bits per heavy atom. The molecule has 4 heteroatoms. The van der Waals surface area contributed by atoms with Crippen molar-refractivity contribution in [2.75, 3.05) is 7.11 Å². The highest BCUT2D eigenvalue weighted by Gasteiger charge is 2.07. The van der Waals surface area contributed by atoms with Gasteiger partial charge in [0.1, 0.15) is 11.6 Å². The number of methoxy groups -OCH3 is 1. The molecule has 0 saturated heterocycles. The molecule has 0 bridgehead atoms. The van der Waals surface area contributed by atoms with Gasteiger partial charge in [-0.25, -0.2) is 4.79 Å². The summed E-state index contributed by atoms with van der Waals surface area (Å²) < 4.78 is 5.40. The lowest BCUT2D eigenvalue weighted by Gasteiger charge is -1.97. The largest absolute Gasteiger partial charge is 0.465 e. The van der Waals surface area contributed by atoms with Crippen molar-refractivity contribution < 1.29 is 9.53 Å². The van der Waals surface area contributed by atoms with Crippen LogP contribution >= 0.6 is 15.9 Å². The zero-order valence-corrected chi connectivity index (χ0v) is 9.61. The molecule has 0 spiro atoms. The fraction of sp³-hybridized carbons (Fsp3) is 0.0909. The van der Waals surface area contributed by atoms with Gasteiger partial charge in [-0.3, -0.25) is 0 Å². The maximum Gasteiger partial charge on any atom is 0.348 e. The molecule has 1 aromatic rings. The molecule has 0 aliphatic heterocycles. The van der Waals surface area contributed by atoms with E-state index in [0.29, 0.717) is 0 Å². The Balaban J connectivity index is 3.00. The number of ether oxygens (including phenoxy) is 1. The van der Waals surface area contributed by atoms with Gasteiger partial charge < -0.3 is 4.74 Å². The van der Waals surface area contributed by atoms with Crippen molar-refractivity contribution in [2.45, 2.75) is 0 Å². The molecule has 0 fully saturated rings. The van der Waals surface area contributed by atoms with Gasteiger partial charge in [-0.15, -0.1) is 0 Å². The molecule has 0 amide bonds. The summed E-state index contributed by atoms with van der Waals surface area (Å²) in [5.74, 6) is -0.625. The minimum Gasteiger partial charge on any atom is -0.465 e. The van der Waals surface area contributed by atoms with Crippen LogP contribution in [0.1, 0.15) is 5.56 Å². The van der Waals surface area contributed by atoms with Gasteiger partial charge in [0.05, 0.1) is 7.11 Å². The minimum atomic E-state index is -0.625. The molecular weight excluding hydrogens is 258 g/mol. The summed E-state index contributed by atoms with van der Waals surface area (Å²) in [5, 5.41) is 8.72. The van der Waals surface area contributed by atoms with Gasteiger partial charge >= 0.3 is 5.97 Å². The molecule has 0 N–H and O–H groups in total. The van der Waals surface area contributed by atoms with E-state index in [1.807, 2.05) is 12.1 Å². The number of nitrogens with zero attached hydrogens (tertiary/aromatic N) is 1. The number of hydrogen-bond donors (Lipinski definition) is 0. The third kappa shape index (κ3) is 3.22. The van der Waals surface area contributed by atoms with Gasteiger partial charge in [-0.1, -0.05) is 28.1 Å². The van der Waals surface area contributed by atoms with Crippen LogP contribution in [-0.2, 0) is 9.53 Å². The molecule has 0 aromatic heterocycles. The first kappa shape index (κ1) is 11.5. The number of nitriles is 1. The zero-order valence-electron chi connectivity index (χ0n) is 8.03. The Morgan fingerprint density at radius 2 is 2.07 bits per heavy atom. The van der Waals surface area contributed by atoms with E-state index in [0.717, 1.165) is 10.0 Å². The summed E-state index contributed by atoms with van der Waals surface area (Å²) in [6, 6.07) is 9.05. The van der Waals surface area contributed by atoms with Gasteiger partial charge in [0.15, 0.2) is 0 Å². The Morgan fingerprint density at radius 1 is 1.47 bits per heavy atom. The zero-order chi connectivity index (χ0) is 11.3. The maximum atomic E-state index is 11.1. The third-order valence-corrected chi connectivity index (χ3v) is 2.24. The van der Waals surface area contributed by atoms with Crippen LogP contribution in [0.4, 0.5) is 0 Å². The number of carbonyl (C=O) groups excluding carboxylic acids is 1. The summed E-state index contributed by atoms with van der Waals surface area (Å²) in [5.41, 5.74) is 0.764. The Bertz CT molecular complexity index is 429. The van der Waals surface area contributed by atoms with E-state index in [1.165, 1.54) is 13.2 Å². The summed E-state index contributed by atoms with van der Waals surface area (Å²) in [7, 11) is 1.25. The number of carbonyl (C=O) groups is 1. The van der Waals surface area contributed by atoms with Gasteiger partial charge in [0, 0.05) is 4.47 Å². The van der Waals surface area contributed by atoms with E-state index >= 15 is 0 Å². The molecule has 1 aromatic carbocycles. The number of halogens is 1. The van der Waals surface area contributed by atoms with Gasteiger partial charge in [-0.05, 0) is 23.8 Å². The molecule has 0 heterocycles. The van der Waals surface area contributed by atoms with Crippen molar-refractivity contribution in [2.24, 2.45) is 0 Å². The Hall–Kier alpha value is -1.60. The third-order valence-electron chi connectivity index (χ3n) is 1.71. The van der Waals surface area contributed by atoms with Gasteiger partial charge in [0.25, 0.3) is 0 Å². The summed E-state index contributed by atoms with van der Waals surface area (Å²) in [6.07, 6.45) is 1.48. The molecule has 1 rings (SSSR count). The number of benzene rings is 1. The molecule has 3 nitrogen and oxygen atoms in total. The normalized spacial score (nSPS) is 10.6. The van der Waals surface area contributed by atoms with Crippen LogP contribution in [-0.4, -0.2) is 13.1 Å². The highest BCUT2D eigenvalue weighted by Crippen LogP contribution is 2.13. The highest BCUT2D eigenvalue weighted by molar-refractivity contribution is 9.10. The van der Waals surface area contributed by atoms with E-state index in [9.17, 15) is 4.79 Å². The maximum absolute atomic E-state index is 11.1. The Kier molecular flexibility index (Phi) is 4.07. The smallest absolute Gasteiger partial charge is 0.348 e. The first-order valence-corrected chi connectivity index (χ1v) is 4.92. The summed E-state index contributed by atoms with van der Waals surface area (Å²) in [4.78, 5) is 11.1. The Labute approximate surface area is 96.1 Å². The van der Waals surface area contributed by atoms with Crippen molar-refractivity contribution in [3.05, 3.63) is 39.9 Å². The second-order valence-corrected chi connectivity index (χ2v) is 3.63. The molecule has 15 heavy (non-hydrogen) atoms. The van der Waals surface area contributed by atoms with Crippen molar-refractivity contribution in [3.63, 3.8) is 0 Å². The van der Waals surface area contributed by atoms with Crippen LogP contribution < -0.4 is 0 Å². The van der Waals surface area contributed by atoms with E-state index in [-0.39, 0.29) is 5.57 Å². The van der Waals surface area contributed by atoms with E-state index in [1.54, 1.807) is 18.2 Å². The lowest BCUT2D eigenvalue weighted by Crippen LogP contribution is -2.02. The van der Waals surface area contributed by atoms with E-state index in [2.05, 4.69) is 20.7 Å². The standard InChI is InChI=1S/C11H8BrNO2/c1-15-11(14)9(7-13)6-8-2-4-10(12)5-3-8/h2-6H,1H3.